The molecule has 1 aromatic heterocycles. The zero-order valence-corrected chi connectivity index (χ0v) is 10.0. The van der Waals surface area contributed by atoms with Crippen molar-refractivity contribution in [3.8, 4) is 0 Å². The van der Waals surface area contributed by atoms with E-state index in [-0.39, 0.29) is 5.84 Å². The number of amidine groups is 1. The zero-order chi connectivity index (χ0) is 12.3. The van der Waals surface area contributed by atoms with Crippen molar-refractivity contribution in [1.29, 1.82) is 0 Å². The number of rotatable bonds is 2. The van der Waals surface area contributed by atoms with E-state index in [1.165, 1.54) is 19.3 Å². The van der Waals surface area contributed by atoms with Crippen molar-refractivity contribution in [3.63, 3.8) is 0 Å². The minimum atomic E-state index is 0.0523. The Kier molecular flexibility index (Phi) is 3.46. The van der Waals surface area contributed by atoms with Crippen molar-refractivity contribution in [3.05, 3.63) is 24.0 Å². The fourth-order valence-electron chi connectivity index (χ4n) is 2.27. The molecule has 92 valence electrons. The summed E-state index contributed by atoms with van der Waals surface area (Å²) in [7, 11) is 0. The van der Waals surface area contributed by atoms with Crippen LogP contribution in [0.15, 0.2) is 23.5 Å². The first-order valence-electron chi connectivity index (χ1n) is 5.93. The molecule has 1 unspecified atom stereocenters. The fraction of sp³-hybridized carbons (Fsp3) is 0.500. The summed E-state index contributed by atoms with van der Waals surface area (Å²) in [6, 6.07) is 4.37. The van der Waals surface area contributed by atoms with Gasteiger partial charge in [-0.2, -0.15) is 0 Å². The molecule has 2 heterocycles. The smallest absolute Gasteiger partial charge is 0.188 e. The highest BCUT2D eigenvalue weighted by Gasteiger charge is 2.19. The van der Waals surface area contributed by atoms with Crippen LogP contribution in [0.5, 0.6) is 0 Å². The predicted molar refractivity (Wildman–Crippen MR) is 67.4 cm³/mol. The summed E-state index contributed by atoms with van der Waals surface area (Å²) < 4.78 is 0. The summed E-state index contributed by atoms with van der Waals surface area (Å²) >= 11 is 0. The molecule has 0 spiro atoms. The lowest BCUT2D eigenvalue weighted by Gasteiger charge is -2.35. The van der Waals surface area contributed by atoms with Crippen molar-refractivity contribution in [2.24, 2.45) is 10.9 Å². The summed E-state index contributed by atoms with van der Waals surface area (Å²) in [5.41, 5.74) is 7.15. The van der Waals surface area contributed by atoms with Crippen LogP contribution in [-0.4, -0.2) is 28.6 Å². The van der Waals surface area contributed by atoms with E-state index in [0.717, 1.165) is 12.2 Å². The van der Waals surface area contributed by atoms with Crippen LogP contribution in [0.1, 0.15) is 31.9 Å². The molecule has 0 amide bonds. The second-order valence-corrected chi connectivity index (χ2v) is 4.42. The van der Waals surface area contributed by atoms with Gasteiger partial charge in [-0.05, 0) is 38.3 Å². The average Bonchev–Trinajstić information content (AvgIpc) is 2.38. The van der Waals surface area contributed by atoms with Gasteiger partial charge in [-0.1, -0.05) is 5.16 Å². The van der Waals surface area contributed by atoms with Gasteiger partial charge in [-0.3, -0.25) is 4.98 Å². The minimum Gasteiger partial charge on any atom is -0.409 e. The van der Waals surface area contributed by atoms with Crippen LogP contribution >= 0.6 is 0 Å². The third kappa shape index (κ3) is 2.49. The fourth-order valence-corrected chi connectivity index (χ4v) is 2.27. The van der Waals surface area contributed by atoms with Gasteiger partial charge in [0.2, 0.25) is 0 Å². The maximum atomic E-state index is 8.65. The molecule has 0 bridgehead atoms. The Labute approximate surface area is 101 Å². The number of aromatic nitrogens is 1. The van der Waals surface area contributed by atoms with Gasteiger partial charge < -0.3 is 15.8 Å². The van der Waals surface area contributed by atoms with Crippen molar-refractivity contribution >= 4 is 11.5 Å². The molecule has 1 atom stereocenters. The van der Waals surface area contributed by atoms with Crippen LogP contribution in [0, 0.1) is 0 Å². The van der Waals surface area contributed by atoms with E-state index < -0.39 is 0 Å². The summed E-state index contributed by atoms with van der Waals surface area (Å²) in [4.78, 5) is 6.43. The van der Waals surface area contributed by atoms with Crippen LogP contribution in [0.4, 0.5) is 5.69 Å². The SMILES string of the molecule is CC1CCCCN1c1ccnc(/C(N)=N/O)c1. The highest BCUT2D eigenvalue weighted by molar-refractivity contribution is 5.95. The van der Waals surface area contributed by atoms with Gasteiger partial charge in [0.15, 0.2) is 5.84 Å². The Balaban J connectivity index is 2.26. The lowest BCUT2D eigenvalue weighted by molar-refractivity contribution is 0.318. The van der Waals surface area contributed by atoms with Gasteiger partial charge in [-0.25, -0.2) is 0 Å². The first-order valence-corrected chi connectivity index (χ1v) is 5.93. The number of hydrogen-bond donors (Lipinski definition) is 2. The highest BCUT2D eigenvalue weighted by Crippen LogP contribution is 2.24. The van der Waals surface area contributed by atoms with Crippen LogP contribution in [-0.2, 0) is 0 Å². The number of nitrogens with two attached hydrogens (primary N) is 1. The molecule has 1 aliphatic rings. The molecule has 0 radical (unpaired) electrons. The third-order valence-corrected chi connectivity index (χ3v) is 3.25. The molecule has 1 fully saturated rings. The quantitative estimate of drug-likeness (QED) is 0.352. The number of nitrogens with zero attached hydrogens (tertiary/aromatic N) is 3. The number of piperidine rings is 1. The van der Waals surface area contributed by atoms with Crippen LogP contribution in [0.2, 0.25) is 0 Å². The Bertz CT molecular complexity index is 419. The molecule has 3 N–H and O–H groups in total. The monoisotopic (exact) mass is 234 g/mol. The molecule has 0 aliphatic carbocycles. The van der Waals surface area contributed by atoms with E-state index in [1.54, 1.807) is 6.20 Å². The molecule has 5 heteroatoms. The Morgan fingerprint density at radius 3 is 3.12 bits per heavy atom. The van der Waals surface area contributed by atoms with Gasteiger partial charge >= 0.3 is 0 Å². The second-order valence-electron chi connectivity index (χ2n) is 4.42. The van der Waals surface area contributed by atoms with E-state index in [4.69, 9.17) is 10.9 Å². The number of anilines is 1. The highest BCUT2D eigenvalue weighted by atomic mass is 16.4. The van der Waals surface area contributed by atoms with Gasteiger partial charge in [-0.15, -0.1) is 0 Å². The average molecular weight is 234 g/mol. The zero-order valence-electron chi connectivity index (χ0n) is 10.0. The van der Waals surface area contributed by atoms with Gasteiger partial charge in [0.05, 0.1) is 0 Å². The summed E-state index contributed by atoms with van der Waals surface area (Å²) in [6.45, 7) is 3.28. The Hall–Kier alpha value is -1.78. The molecular weight excluding hydrogens is 216 g/mol. The van der Waals surface area contributed by atoms with Crippen molar-refractivity contribution < 1.29 is 5.21 Å². The molecule has 0 saturated carbocycles. The van der Waals surface area contributed by atoms with Crippen LogP contribution in [0.25, 0.3) is 0 Å². The van der Waals surface area contributed by atoms with E-state index in [9.17, 15) is 0 Å². The van der Waals surface area contributed by atoms with Crippen molar-refractivity contribution in [2.75, 3.05) is 11.4 Å². The molecule has 1 aromatic rings. The topological polar surface area (TPSA) is 74.7 Å². The van der Waals surface area contributed by atoms with Crippen molar-refractivity contribution in [2.45, 2.75) is 32.2 Å². The van der Waals surface area contributed by atoms with E-state index >= 15 is 0 Å². The number of oxime groups is 1. The third-order valence-electron chi connectivity index (χ3n) is 3.25. The normalized spacial score (nSPS) is 21.6. The minimum absolute atomic E-state index is 0.0523. The second kappa shape index (κ2) is 5.03. The van der Waals surface area contributed by atoms with Gasteiger partial charge in [0.25, 0.3) is 0 Å². The summed E-state index contributed by atoms with van der Waals surface area (Å²) in [5, 5.41) is 11.6. The molecule has 2 rings (SSSR count). The predicted octanol–water partition coefficient (Wildman–Crippen LogP) is 1.55. The van der Waals surface area contributed by atoms with Crippen LogP contribution < -0.4 is 10.6 Å². The molecule has 1 saturated heterocycles. The van der Waals surface area contributed by atoms with E-state index in [0.29, 0.717) is 11.7 Å². The molecule has 1 aliphatic heterocycles. The maximum Gasteiger partial charge on any atom is 0.188 e. The molecule has 0 aromatic carbocycles. The summed E-state index contributed by atoms with van der Waals surface area (Å²) in [6.07, 6.45) is 5.41. The summed E-state index contributed by atoms with van der Waals surface area (Å²) in [5.74, 6) is 0.0523. The van der Waals surface area contributed by atoms with E-state index in [2.05, 4.69) is 22.0 Å². The van der Waals surface area contributed by atoms with Gasteiger partial charge in [0, 0.05) is 24.5 Å². The molecular formula is C12H18N4O. The molecule has 17 heavy (non-hydrogen) atoms. The Morgan fingerprint density at radius 2 is 2.41 bits per heavy atom. The maximum absolute atomic E-state index is 8.65. The Morgan fingerprint density at radius 1 is 1.59 bits per heavy atom. The lowest BCUT2D eigenvalue weighted by atomic mass is 10.0. The van der Waals surface area contributed by atoms with Crippen LogP contribution in [0.3, 0.4) is 0 Å². The lowest BCUT2D eigenvalue weighted by Crippen LogP contribution is -2.37. The number of hydrogen-bond acceptors (Lipinski definition) is 4. The first kappa shape index (κ1) is 11.7. The first-order chi connectivity index (χ1) is 8.22. The largest absolute Gasteiger partial charge is 0.409 e. The van der Waals surface area contributed by atoms with Crippen molar-refractivity contribution in [1.82, 2.24) is 4.98 Å². The standard InChI is InChI=1S/C12H18N4O/c1-9-4-2-3-7-16(9)10-5-6-14-11(8-10)12(13)15-17/h5-6,8-9,17H,2-4,7H2,1H3,(H2,13,15). The number of pyridine rings is 1. The van der Waals surface area contributed by atoms with Gasteiger partial charge in [0.1, 0.15) is 5.69 Å². The van der Waals surface area contributed by atoms with E-state index in [1.807, 2.05) is 12.1 Å². The molecule has 5 nitrogen and oxygen atoms in total.